The Bertz CT molecular complexity index is 761. The molecule has 0 saturated carbocycles. The molecule has 9 heteroatoms. The monoisotopic (exact) mass is 344 g/mol. The van der Waals surface area contributed by atoms with Gasteiger partial charge in [0.15, 0.2) is 0 Å². The zero-order chi connectivity index (χ0) is 18.1. The van der Waals surface area contributed by atoms with Gasteiger partial charge in [0.1, 0.15) is 24.7 Å². The summed E-state index contributed by atoms with van der Waals surface area (Å²) in [5, 5.41) is 14.2. The SMILES string of the molecule is NC(=O)N/N=C/c1cccc(OCCOc2ccc([N+](=O)[O-])cc2)c1. The van der Waals surface area contributed by atoms with Crippen LogP contribution in [0.3, 0.4) is 0 Å². The topological polar surface area (TPSA) is 129 Å². The van der Waals surface area contributed by atoms with Crippen LogP contribution >= 0.6 is 0 Å². The zero-order valence-corrected chi connectivity index (χ0v) is 13.1. The van der Waals surface area contributed by atoms with E-state index in [2.05, 4.69) is 10.5 Å². The highest BCUT2D eigenvalue weighted by Crippen LogP contribution is 2.17. The number of nitrogens with two attached hydrogens (primary N) is 1. The molecule has 3 N–H and O–H groups in total. The molecule has 0 atom stereocenters. The lowest BCUT2D eigenvalue weighted by Gasteiger charge is -2.08. The number of benzene rings is 2. The summed E-state index contributed by atoms with van der Waals surface area (Å²) >= 11 is 0. The lowest BCUT2D eigenvalue weighted by Crippen LogP contribution is -2.24. The number of ether oxygens (including phenoxy) is 2. The number of nitrogens with one attached hydrogen (secondary N) is 1. The Hall–Kier alpha value is -3.62. The molecule has 0 saturated heterocycles. The normalized spacial score (nSPS) is 10.4. The third-order valence-corrected chi connectivity index (χ3v) is 2.91. The second-order valence-corrected chi connectivity index (χ2v) is 4.75. The molecule has 0 spiro atoms. The molecule has 0 aliphatic rings. The number of hydrogen-bond donors (Lipinski definition) is 2. The molecule has 0 radical (unpaired) electrons. The summed E-state index contributed by atoms with van der Waals surface area (Å²) in [5.74, 6) is 1.13. The van der Waals surface area contributed by atoms with Crippen LogP contribution in [-0.4, -0.2) is 30.4 Å². The molecule has 2 amide bonds. The molecule has 2 rings (SSSR count). The van der Waals surface area contributed by atoms with Crippen molar-refractivity contribution < 1.29 is 19.2 Å². The quantitative estimate of drug-likeness (QED) is 0.328. The molecular weight excluding hydrogens is 328 g/mol. The van der Waals surface area contributed by atoms with E-state index in [1.54, 1.807) is 24.3 Å². The first-order valence-corrected chi connectivity index (χ1v) is 7.23. The lowest BCUT2D eigenvalue weighted by molar-refractivity contribution is -0.384. The van der Waals surface area contributed by atoms with Gasteiger partial charge in [-0.2, -0.15) is 5.10 Å². The smallest absolute Gasteiger partial charge is 0.332 e. The van der Waals surface area contributed by atoms with Crippen LogP contribution < -0.4 is 20.6 Å². The maximum Gasteiger partial charge on any atom is 0.332 e. The number of carbonyl (C=O) groups is 1. The van der Waals surface area contributed by atoms with Gasteiger partial charge in [0.05, 0.1) is 11.1 Å². The van der Waals surface area contributed by atoms with Gasteiger partial charge in [-0.3, -0.25) is 10.1 Å². The van der Waals surface area contributed by atoms with Gasteiger partial charge in [-0.15, -0.1) is 0 Å². The van der Waals surface area contributed by atoms with Crippen LogP contribution in [0.4, 0.5) is 10.5 Å². The van der Waals surface area contributed by atoms with Crippen molar-refractivity contribution in [3.8, 4) is 11.5 Å². The van der Waals surface area contributed by atoms with Crippen molar-refractivity contribution in [3.63, 3.8) is 0 Å². The highest BCUT2D eigenvalue weighted by molar-refractivity contribution is 5.81. The first-order chi connectivity index (χ1) is 12.0. The fourth-order valence-corrected chi connectivity index (χ4v) is 1.84. The van der Waals surface area contributed by atoms with Gasteiger partial charge >= 0.3 is 6.03 Å². The van der Waals surface area contributed by atoms with E-state index in [0.29, 0.717) is 11.5 Å². The van der Waals surface area contributed by atoms with E-state index >= 15 is 0 Å². The largest absolute Gasteiger partial charge is 0.490 e. The average Bonchev–Trinajstić information content (AvgIpc) is 2.59. The number of carbonyl (C=O) groups excluding carboxylic acids is 1. The van der Waals surface area contributed by atoms with Crippen LogP contribution in [0.25, 0.3) is 0 Å². The number of hydrazone groups is 1. The van der Waals surface area contributed by atoms with Crippen LogP contribution in [0, 0.1) is 10.1 Å². The summed E-state index contributed by atoms with van der Waals surface area (Å²) in [4.78, 5) is 20.6. The number of rotatable bonds is 8. The van der Waals surface area contributed by atoms with Crippen molar-refractivity contribution >= 4 is 17.9 Å². The predicted octanol–water partition coefficient (Wildman–Crippen LogP) is 2.05. The van der Waals surface area contributed by atoms with Crippen molar-refractivity contribution in [2.75, 3.05) is 13.2 Å². The van der Waals surface area contributed by atoms with Gasteiger partial charge in [-0.1, -0.05) is 12.1 Å². The van der Waals surface area contributed by atoms with E-state index in [9.17, 15) is 14.9 Å². The second kappa shape index (κ2) is 8.87. The van der Waals surface area contributed by atoms with Crippen molar-refractivity contribution in [3.05, 3.63) is 64.2 Å². The molecule has 130 valence electrons. The number of hydrogen-bond acceptors (Lipinski definition) is 6. The third-order valence-electron chi connectivity index (χ3n) is 2.91. The van der Waals surface area contributed by atoms with Crippen LogP contribution in [0.15, 0.2) is 53.6 Å². The number of nitrogens with zero attached hydrogens (tertiary/aromatic N) is 2. The van der Waals surface area contributed by atoms with Crippen molar-refractivity contribution in [2.45, 2.75) is 0 Å². The van der Waals surface area contributed by atoms with Crippen LogP contribution in [0.2, 0.25) is 0 Å². The van der Waals surface area contributed by atoms with Crippen LogP contribution in [0.5, 0.6) is 11.5 Å². The average molecular weight is 344 g/mol. The molecule has 25 heavy (non-hydrogen) atoms. The van der Waals surface area contributed by atoms with E-state index in [4.69, 9.17) is 15.2 Å². The van der Waals surface area contributed by atoms with Gasteiger partial charge < -0.3 is 15.2 Å². The first kappa shape index (κ1) is 17.7. The van der Waals surface area contributed by atoms with Crippen LogP contribution in [-0.2, 0) is 0 Å². The van der Waals surface area contributed by atoms with Gasteiger partial charge in [0.25, 0.3) is 5.69 Å². The van der Waals surface area contributed by atoms with E-state index < -0.39 is 11.0 Å². The molecule has 9 nitrogen and oxygen atoms in total. The Morgan fingerprint density at radius 1 is 1.16 bits per heavy atom. The Morgan fingerprint density at radius 3 is 2.48 bits per heavy atom. The van der Waals surface area contributed by atoms with Gasteiger partial charge in [0, 0.05) is 12.1 Å². The van der Waals surface area contributed by atoms with E-state index in [1.807, 2.05) is 0 Å². The molecule has 0 aliphatic heterocycles. The molecule has 2 aromatic rings. The summed E-state index contributed by atoms with van der Waals surface area (Å²) in [5.41, 5.74) is 7.73. The summed E-state index contributed by atoms with van der Waals surface area (Å²) < 4.78 is 11.0. The maximum atomic E-state index is 10.6. The minimum absolute atomic E-state index is 0.00732. The Balaban J connectivity index is 1.78. The molecular formula is C16H16N4O5. The van der Waals surface area contributed by atoms with E-state index in [1.165, 1.54) is 30.5 Å². The Kier molecular flexibility index (Phi) is 6.29. The van der Waals surface area contributed by atoms with Gasteiger partial charge in [-0.25, -0.2) is 10.2 Å². The molecule has 0 heterocycles. The minimum atomic E-state index is -0.743. The third kappa shape index (κ3) is 6.18. The molecule has 2 aromatic carbocycles. The van der Waals surface area contributed by atoms with E-state index in [-0.39, 0.29) is 18.9 Å². The number of primary amides is 1. The van der Waals surface area contributed by atoms with Gasteiger partial charge in [-0.05, 0) is 29.8 Å². The number of nitro groups is 1. The summed E-state index contributed by atoms with van der Waals surface area (Å²) in [7, 11) is 0. The number of non-ortho nitro benzene ring substituents is 1. The second-order valence-electron chi connectivity index (χ2n) is 4.75. The molecule has 0 unspecified atom stereocenters. The van der Waals surface area contributed by atoms with E-state index in [0.717, 1.165) is 5.56 Å². The molecule has 0 fully saturated rings. The predicted molar refractivity (Wildman–Crippen MR) is 90.8 cm³/mol. The Labute approximate surface area is 143 Å². The summed E-state index contributed by atoms with van der Waals surface area (Å²) in [6, 6.07) is 12.1. The number of nitro benzene ring substituents is 1. The van der Waals surface area contributed by atoms with Crippen molar-refractivity contribution in [1.82, 2.24) is 5.43 Å². The number of urea groups is 1. The highest BCUT2D eigenvalue weighted by Gasteiger charge is 2.04. The van der Waals surface area contributed by atoms with Crippen molar-refractivity contribution in [1.29, 1.82) is 0 Å². The lowest BCUT2D eigenvalue weighted by atomic mass is 10.2. The fraction of sp³-hybridized carbons (Fsp3) is 0.125. The van der Waals surface area contributed by atoms with Crippen LogP contribution in [0.1, 0.15) is 5.56 Å². The fourth-order valence-electron chi connectivity index (χ4n) is 1.84. The maximum absolute atomic E-state index is 10.6. The number of amides is 2. The highest BCUT2D eigenvalue weighted by atomic mass is 16.6. The molecule has 0 bridgehead atoms. The standard InChI is InChI=1S/C16H16N4O5/c17-16(21)19-18-11-12-2-1-3-15(10-12)25-9-8-24-14-6-4-13(5-7-14)20(22)23/h1-7,10-11H,8-9H2,(H3,17,19,21)/b18-11+. The van der Waals surface area contributed by atoms with Crippen molar-refractivity contribution in [2.24, 2.45) is 10.8 Å². The van der Waals surface area contributed by atoms with Gasteiger partial charge in [0.2, 0.25) is 0 Å². The zero-order valence-electron chi connectivity index (χ0n) is 13.1. The summed E-state index contributed by atoms with van der Waals surface area (Å²) in [6.45, 7) is 0.566. The molecule has 0 aromatic heterocycles. The molecule has 0 aliphatic carbocycles. The minimum Gasteiger partial charge on any atom is -0.490 e. The summed E-state index contributed by atoms with van der Waals surface area (Å²) in [6.07, 6.45) is 1.44. The Morgan fingerprint density at radius 2 is 1.84 bits per heavy atom. The first-order valence-electron chi connectivity index (χ1n) is 7.23.